The molecule has 1 saturated heterocycles. The molecule has 0 bridgehead atoms. The van der Waals surface area contributed by atoms with Gasteiger partial charge >= 0.3 is 0 Å². The molecule has 1 aliphatic rings. The number of thioether (sulfide) groups is 1. The van der Waals surface area contributed by atoms with E-state index in [1.165, 1.54) is 18.4 Å². The van der Waals surface area contributed by atoms with Crippen molar-refractivity contribution in [2.75, 3.05) is 25.4 Å². The minimum absolute atomic E-state index is 0.138. The number of benzene rings is 1. The fourth-order valence-electron chi connectivity index (χ4n) is 2.51. The van der Waals surface area contributed by atoms with Crippen LogP contribution in [0.2, 0.25) is 0 Å². The molecule has 2 rings (SSSR count). The Kier molecular flexibility index (Phi) is 6.58. The highest BCUT2D eigenvalue weighted by molar-refractivity contribution is 8.00. The van der Waals surface area contributed by atoms with Crippen LogP contribution >= 0.6 is 11.8 Å². The molecule has 1 aliphatic heterocycles. The van der Waals surface area contributed by atoms with E-state index in [-0.39, 0.29) is 5.91 Å². The highest BCUT2D eigenvalue weighted by Crippen LogP contribution is 2.21. The van der Waals surface area contributed by atoms with E-state index in [2.05, 4.69) is 48.7 Å². The number of hydrogen-bond donors (Lipinski definition) is 2. The number of amides is 1. The van der Waals surface area contributed by atoms with Gasteiger partial charge in [-0.1, -0.05) is 26.0 Å². The zero-order valence-electron chi connectivity index (χ0n) is 13.0. The maximum atomic E-state index is 11.9. The fourth-order valence-corrected chi connectivity index (χ4v) is 3.23. The average Bonchev–Trinajstić information content (AvgIpc) is 2.52. The van der Waals surface area contributed by atoms with Gasteiger partial charge in [0.1, 0.15) is 0 Å². The maximum absolute atomic E-state index is 11.9. The monoisotopic (exact) mass is 306 g/mol. The molecule has 0 radical (unpaired) electrons. The van der Waals surface area contributed by atoms with Gasteiger partial charge in [0.15, 0.2) is 0 Å². The second-order valence-corrected chi connectivity index (χ2v) is 7.08. The quantitative estimate of drug-likeness (QED) is 0.794. The van der Waals surface area contributed by atoms with E-state index in [9.17, 15) is 4.79 Å². The highest BCUT2D eigenvalue weighted by atomic mass is 32.2. The molecular formula is C17H26N2OS. The Labute approximate surface area is 132 Å². The van der Waals surface area contributed by atoms with Crippen LogP contribution in [0.25, 0.3) is 0 Å². The molecular weight excluding hydrogens is 280 g/mol. The Morgan fingerprint density at radius 2 is 2.14 bits per heavy atom. The number of piperidine rings is 1. The molecule has 1 aromatic rings. The normalized spacial score (nSPS) is 18.7. The van der Waals surface area contributed by atoms with Crippen LogP contribution in [0.4, 0.5) is 0 Å². The summed E-state index contributed by atoms with van der Waals surface area (Å²) in [4.78, 5) is 13.0. The standard InChI is InChI=1S/C17H26N2OS/c1-13(2)15-5-7-16(8-6-15)21-12-17(20)19-11-14-4-3-9-18-10-14/h5-8,13-14,18H,3-4,9-12H2,1-2H3,(H,19,20). The molecule has 116 valence electrons. The Bertz CT molecular complexity index is 439. The van der Waals surface area contributed by atoms with E-state index in [1.807, 2.05) is 0 Å². The van der Waals surface area contributed by atoms with Crippen molar-refractivity contribution in [1.29, 1.82) is 0 Å². The van der Waals surface area contributed by atoms with Crippen LogP contribution in [0.3, 0.4) is 0 Å². The number of carbonyl (C=O) groups is 1. The first-order valence-electron chi connectivity index (χ1n) is 7.85. The molecule has 3 nitrogen and oxygen atoms in total. The summed E-state index contributed by atoms with van der Waals surface area (Å²) in [5.41, 5.74) is 1.34. The van der Waals surface area contributed by atoms with E-state index in [1.54, 1.807) is 11.8 Å². The van der Waals surface area contributed by atoms with Gasteiger partial charge in [-0.05, 0) is 55.5 Å². The van der Waals surface area contributed by atoms with E-state index >= 15 is 0 Å². The molecule has 1 atom stereocenters. The summed E-state index contributed by atoms with van der Waals surface area (Å²) >= 11 is 1.61. The van der Waals surface area contributed by atoms with Crippen molar-refractivity contribution in [1.82, 2.24) is 10.6 Å². The number of nitrogens with one attached hydrogen (secondary N) is 2. The first-order valence-corrected chi connectivity index (χ1v) is 8.84. The summed E-state index contributed by atoms with van der Waals surface area (Å²) in [6.45, 7) is 7.33. The van der Waals surface area contributed by atoms with E-state index < -0.39 is 0 Å². The minimum Gasteiger partial charge on any atom is -0.355 e. The largest absolute Gasteiger partial charge is 0.355 e. The van der Waals surface area contributed by atoms with Crippen molar-refractivity contribution in [3.8, 4) is 0 Å². The van der Waals surface area contributed by atoms with Gasteiger partial charge in [-0.25, -0.2) is 0 Å². The summed E-state index contributed by atoms with van der Waals surface area (Å²) in [5.74, 6) is 1.79. The molecule has 0 spiro atoms. The van der Waals surface area contributed by atoms with Crippen LogP contribution in [0, 0.1) is 5.92 Å². The lowest BCUT2D eigenvalue weighted by Crippen LogP contribution is -2.38. The van der Waals surface area contributed by atoms with Crippen molar-refractivity contribution < 1.29 is 4.79 Å². The third kappa shape index (κ3) is 5.71. The Morgan fingerprint density at radius 1 is 1.38 bits per heavy atom. The van der Waals surface area contributed by atoms with Crippen LogP contribution in [-0.4, -0.2) is 31.3 Å². The summed E-state index contributed by atoms with van der Waals surface area (Å²) in [6.07, 6.45) is 2.44. The van der Waals surface area contributed by atoms with Gasteiger partial charge in [0.05, 0.1) is 5.75 Å². The Balaban J connectivity index is 1.68. The van der Waals surface area contributed by atoms with Crippen LogP contribution in [0.5, 0.6) is 0 Å². The second kappa shape index (κ2) is 8.44. The van der Waals surface area contributed by atoms with Gasteiger partial charge in [-0.2, -0.15) is 0 Å². The lowest BCUT2D eigenvalue weighted by atomic mass is 10.00. The molecule has 2 N–H and O–H groups in total. The van der Waals surface area contributed by atoms with Gasteiger partial charge in [0.2, 0.25) is 5.91 Å². The molecule has 1 fully saturated rings. The third-order valence-electron chi connectivity index (χ3n) is 3.90. The third-order valence-corrected chi connectivity index (χ3v) is 4.92. The molecule has 0 aliphatic carbocycles. The van der Waals surface area contributed by atoms with Crippen molar-refractivity contribution in [2.45, 2.75) is 37.5 Å². The smallest absolute Gasteiger partial charge is 0.230 e. The summed E-state index contributed by atoms with van der Waals surface area (Å²) in [7, 11) is 0. The predicted octanol–water partition coefficient (Wildman–Crippen LogP) is 3.02. The zero-order chi connectivity index (χ0) is 15.1. The number of rotatable bonds is 6. The fraction of sp³-hybridized carbons (Fsp3) is 0.588. The molecule has 1 unspecified atom stereocenters. The molecule has 1 amide bonds. The molecule has 21 heavy (non-hydrogen) atoms. The second-order valence-electron chi connectivity index (χ2n) is 6.03. The average molecular weight is 306 g/mol. The SMILES string of the molecule is CC(C)c1ccc(SCC(=O)NCC2CCCNC2)cc1. The van der Waals surface area contributed by atoms with Crippen LogP contribution in [0.15, 0.2) is 29.2 Å². The van der Waals surface area contributed by atoms with Crippen LogP contribution in [-0.2, 0) is 4.79 Å². The van der Waals surface area contributed by atoms with E-state index in [4.69, 9.17) is 0 Å². The summed E-state index contributed by atoms with van der Waals surface area (Å²) < 4.78 is 0. The molecule has 0 aromatic heterocycles. The van der Waals surface area contributed by atoms with Crippen molar-refractivity contribution in [3.63, 3.8) is 0 Å². The maximum Gasteiger partial charge on any atom is 0.230 e. The van der Waals surface area contributed by atoms with Crippen molar-refractivity contribution in [2.24, 2.45) is 5.92 Å². The lowest BCUT2D eigenvalue weighted by molar-refractivity contribution is -0.118. The molecule has 4 heteroatoms. The summed E-state index contributed by atoms with van der Waals surface area (Å²) in [5, 5.41) is 6.43. The van der Waals surface area contributed by atoms with E-state index in [0.717, 1.165) is 24.5 Å². The van der Waals surface area contributed by atoms with E-state index in [0.29, 0.717) is 17.6 Å². The topological polar surface area (TPSA) is 41.1 Å². The number of hydrogen-bond acceptors (Lipinski definition) is 3. The molecule has 1 heterocycles. The van der Waals surface area contributed by atoms with Gasteiger partial charge in [0.25, 0.3) is 0 Å². The lowest BCUT2D eigenvalue weighted by Gasteiger charge is -2.22. The first-order chi connectivity index (χ1) is 10.1. The summed E-state index contributed by atoms with van der Waals surface area (Å²) in [6, 6.07) is 8.52. The highest BCUT2D eigenvalue weighted by Gasteiger charge is 2.13. The van der Waals surface area contributed by atoms with Gasteiger partial charge in [-0.3, -0.25) is 4.79 Å². The Hall–Kier alpha value is -1.00. The number of carbonyl (C=O) groups excluding carboxylic acids is 1. The van der Waals surface area contributed by atoms with Crippen LogP contribution in [0.1, 0.15) is 38.2 Å². The van der Waals surface area contributed by atoms with Gasteiger partial charge in [-0.15, -0.1) is 11.8 Å². The van der Waals surface area contributed by atoms with Crippen LogP contribution < -0.4 is 10.6 Å². The molecule has 0 saturated carbocycles. The van der Waals surface area contributed by atoms with Gasteiger partial charge in [0, 0.05) is 11.4 Å². The first kappa shape index (κ1) is 16.4. The van der Waals surface area contributed by atoms with Crippen molar-refractivity contribution >= 4 is 17.7 Å². The zero-order valence-corrected chi connectivity index (χ0v) is 13.8. The predicted molar refractivity (Wildman–Crippen MR) is 89.9 cm³/mol. The van der Waals surface area contributed by atoms with Crippen molar-refractivity contribution in [3.05, 3.63) is 29.8 Å². The minimum atomic E-state index is 0.138. The Morgan fingerprint density at radius 3 is 2.76 bits per heavy atom. The van der Waals surface area contributed by atoms with Gasteiger partial charge < -0.3 is 10.6 Å². The molecule has 1 aromatic carbocycles.